The average molecular weight is 205 g/mol. The number of hydrogen-bond donors (Lipinski definition) is 1. The second-order valence-corrected chi connectivity index (χ2v) is 3.58. The first-order chi connectivity index (χ1) is 6.48. The quantitative estimate of drug-likeness (QED) is 0.559. The van der Waals surface area contributed by atoms with Crippen molar-refractivity contribution in [3.8, 4) is 0 Å². The van der Waals surface area contributed by atoms with E-state index in [1.165, 1.54) is 0 Å². The number of nitrogens with zero attached hydrogens (tertiary/aromatic N) is 2. The van der Waals surface area contributed by atoms with Crippen LogP contribution < -0.4 is 5.73 Å². The number of guanidine groups is 1. The molecular weight excluding hydrogens is 188 g/mol. The van der Waals surface area contributed by atoms with Crippen LogP contribution in [0.5, 0.6) is 0 Å². The van der Waals surface area contributed by atoms with Gasteiger partial charge in [0, 0.05) is 25.9 Å². The lowest BCUT2D eigenvalue weighted by Crippen LogP contribution is -2.43. The van der Waals surface area contributed by atoms with Gasteiger partial charge in [-0.2, -0.15) is 0 Å². The first-order valence-electron chi connectivity index (χ1n) is 4.94. The Morgan fingerprint density at radius 3 is 2.29 bits per heavy atom. The lowest BCUT2D eigenvalue weighted by molar-refractivity contribution is -0.0836. The van der Waals surface area contributed by atoms with Crippen LogP contribution in [0.4, 0.5) is 8.78 Å². The summed E-state index contributed by atoms with van der Waals surface area (Å²) in [4.78, 5) is 5.92. The molecule has 0 atom stereocenters. The number of nitrogens with two attached hydrogens (primary N) is 1. The van der Waals surface area contributed by atoms with Gasteiger partial charge < -0.3 is 10.6 Å². The summed E-state index contributed by atoms with van der Waals surface area (Å²) >= 11 is 0. The molecule has 82 valence electrons. The Morgan fingerprint density at radius 1 is 1.43 bits per heavy atom. The Labute approximate surface area is 83.0 Å². The Kier molecular flexibility index (Phi) is 3.29. The molecule has 1 fully saturated rings. The van der Waals surface area contributed by atoms with Gasteiger partial charge in [0.25, 0.3) is 5.92 Å². The van der Waals surface area contributed by atoms with E-state index < -0.39 is 5.92 Å². The molecule has 1 aliphatic carbocycles. The van der Waals surface area contributed by atoms with E-state index in [1.807, 2.05) is 18.7 Å². The smallest absolute Gasteiger partial charge is 0.252 e. The molecule has 0 heterocycles. The maximum absolute atomic E-state index is 12.5. The van der Waals surface area contributed by atoms with Crippen LogP contribution in [0.3, 0.4) is 0 Å². The fourth-order valence-electron chi connectivity index (χ4n) is 1.54. The second-order valence-electron chi connectivity index (χ2n) is 3.58. The van der Waals surface area contributed by atoms with Crippen molar-refractivity contribution in [2.24, 2.45) is 10.7 Å². The molecule has 0 aliphatic heterocycles. The lowest BCUT2D eigenvalue weighted by Gasteiger charge is -2.33. The van der Waals surface area contributed by atoms with Crippen LogP contribution in [0.15, 0.2) is 4.99 Å². The summed E-state index contributed by atoms with van der Waals surface area (Å²) in [6.45, 7) is 5.44. The molecule has 0 radical (unpaired) electrons. The Balaban J connectivity index is 2.45. The standard InChI is InChI=1S/C9H17F2N3/c1-3-14(4-2)8(12)13-7-5-9(10,11)6-7/h7H,3-6H2,1-2H3,(H2,12,13). The zero-order chi connectivity index (χ0) is 10.8. The minimum Gasteiger partial charge on any atom is -0.370 e. The van der Waals surface area contributed by atoms with Crippen molar-refractivity contribution < 1.29 is 8.78 Å². The molecule has 1 rings (SSSR count). The summed E-state index contributed by atoms with van der Waals surface area (Å²) in [6.07, 6.45) is -0.316. The van der Waals surface area contributed by atoms with E-state index in [4.69, 9.17) is 5.73 Å². The summed E-state index contributed by atoms with van der Waals surface area (Å²) in [7, 11) is 0. The number of alkyl halides is 2. The van der Waals surface area contributed by atoms with Crippen molar-refractivity contribution in [2.45, 2.75) is 38.7 Å². The monoisotopic (exact) mass is 205 g/mol. The highest BCUT2D eigenvalue weighted by atomic mass is 19.3. The van der Waals surface area contributed by atoms with Crippen LogP contribution in [0.25, 0.3) is 0 Å². The summed E-state index contributed by atoms with van der Waals surface area (Å²) in [6, 6.07) is -0.286. The molecule has 0 aromatic rings. The molecule has 0 saturated heterocycles. The van der Waals surface area contributed by atoms with Gasteiger partial charge >= 0.3 is 0 Å². The molecule has 3 nitrogen and oxygen atoms in total. The zero-order valence-electron chi connectivity index (χ0n) is 8.63. The molecule has 0 aromatic heterocycles. The third kappa shape index (κ3) is 2.56. The SMILES string of the molecule is CCN(CC)C(N)=NC1CC(F)(F)C1. The maximum atomic E-state index is 12.5. The van der Waals surface area contributed by atoms with Crippen molar-refractivity contribution in [2.75, 3.05) is 13.1 Å². The lowest BCUT2D eigenvalue weighted by atomic mass is 9.89. The molecule has 0 spiro atoms. The first kappa shape index (κ1) is 11.2. The highest BCUT2D eigenvalue weighted by molar-refractivity contribution is 5.78. The van der Waals surface area contributed by atoms with Crippen LogP contribution in [0.1, 0.15) is 26.7 Å². The maximum Gasteiger partial charge on any atom is 0.252 e. The van der Waals surface area contributed by atoms with E-state index in [9.17, 15) is 8.78 Å². The van der Waals surface area contributed by atoms with Gasteiger partial charge in [-0.25, -0.2) is 13.8 Å². The highest BCUT2D eigenvalue weighted by Gasteiger charge is 2.45. The molecule has 5 heteroatoms. The van der Waals surface area contributed by atoms with Gasteiger partial charge in [0.1, 0.15) is 0 Å². The molecule has 0 unspecified atom stereocenters. The van der Waals surface area contributed by atoms with Gasteiger partial charge in [-0.15, -0.1) is 0 Å². The van der Waals surface area contributed by atoms with Gasteiger partial charge in [-0.05, 0) is 13.8 Å². The number of hydrogen-bond acceptors (Lipinski definition) is 1. The fraction of sp³-hybridized carbons (Fsp3) is 0.889. The summed E-state index contributed by atoms with van der Waals surface area (Å²) in [5.41, 5.74) is 5.67. The predicted octanol–water partition coefficient (Wildman–Crippen LogP) is 1.44. The van der Waals surface area contributed by atoms with Crippen LogP contribution in [0.2, 0.25) is 0 Å². The summed E-state index contributed by atoms with van der Waals surface area (Å²) < 4.78 is 25.0. The molecule has 0 bridgehead atoms. The molecule has 0 aromatic carbocycles. The Bertz CT molecular complexity index is 216. The molecule has 2 N–H and O–H groups in total. The number of aliphatic imine (C=N–C) groups is 1. The highest BCUT2D eigenvalue weighted by Crippen LogP contribution is 2.39. The van der Waals surface area contributed by atoms with E-state index in [1.54, 1.807) is 0 Å². The zero-order valence-corrected chi connectivity index (χ0v) is 8.63. The van der Waals surface area contributed by atoms with Gasteiger partial charge in [0.2, 0.25) is 0 Å². The van der Waals surface area contributed by atoms with Gasteiger partial charge in [-0.3, -0.25) is 0 Å². The van der Waals surface area contributed by atoms with Gasteiger partial charge in [-0.1, -0.05) is 0 Å². The minimum atomic E-state index is -2.52. The molecule has 1 aliphatic rings. The first-order valence-corrected chi connectivity index (χ1v) is 4.94. The van der Waals surface area contributed by atoms with Crippen molar-refractivity contribution in [1.82, 2.24) is 4.90 Å². The van der Waals surface area contributed by atoms with E-state index in [0.29, 0.717) is 5.96 Å². The van der Waals surface area contributed by atoms with E-state index in [0.717, 1.165) is 13.1 Å². The number of rotatable bonds is 3. The predicted molar refractivity (Wildman–Crippen MR) is 52.5 cm³/mol. The fourth-order valence-corrected chi connectivity index (χ4v) is 1.54. The van der Waals surface area contributed by atoms with Crippen molar-refractivity contribution in [3.05, 3.63) is 0 Å². The topological polar surface area (TPSA) is 41.6 Å². The average Bonchev–Trinajstić information content (AvgIpc) is 2.03. The van der Waals surface area contributed by atoms with Crippen LogP contribution in [-0.4, -0.2) is 35.9 Å². The van der Waals surface area contributed by atoms with Crippen molar-refractivity contribution in [1.29, 1.82) is 0 Å². The van der Waals surface area contributed by atoms with E-state index >= 15 is 0 Å². The normalized spacial score (nSPS) is 21.9. The largest absolute Gasteiger partial charge is 0.370 e. The molecule has 14 heavy (non-hydrogen) atoms. The van der Waals surface area contributed by atoms with E-state index in [2.05, 4.69) is 4.99 Å². The van der Waals surface area contributed by atoms with Gasteiger partial charge in [0.05, 0.1) is 6.04 Å². The molecule has 1 saturated carbocycles. The van der Waals surface area contributed by atoms with Crippen molar-refractivity contribution in [3.63, 3.8) is 0 Å². The minimum absolute atomic E-state index is 0.158. The Hall–Kier alpha value is -0.870. The third-order valence-electron chi connectivity index (χ3n) is 2.47. The summed E-state index contributed by atoms with van der Waals surface area (Å²) in [5.74, 6) is -2.13. The number of halogens is 2. The van der Waals surface area contributed by atoms with Crippen LogP contribution >= 0.6 is 0 Å². The molecule has 0 amide bonds. The summed E-state index contributed by atoms with van der Waals surface area (Å²) in [5, 5.41) is 0. The van der Waals surface area contributed by atoms with Gasteiger partial charge in [0.15, 0.2) is 5.96 Å². The van der Waals surface area contributed by atoms with E-state index in [-0.39, 0.29) is 18.9 Å². The van der Waals surface area contributed by atoms with Crippen molar-refractivity contribution >= 4 is 5.96 Å². The van der Waals surface area contributed by atoms with Crippen LogP contribution in [-0.2, 0) is 0 Å². The third-order valence-corrected chi connectivity index (χ3v) is 2.47. The second kappa shape index (κ2) is 4.11. The molecular formula is C9H17F2N3. The van der Waals surface area contributed by atoms with Crippen LogP contribution in [0, 0.1) is 0 Å². The Morgan fingerprint density at radius 2 is 1.93 bits per heavy atom.